The van der Waals surface area contributed by atoms with E-state index in [1.807, 2.05) is 0 Å². The summed E-state index contributed by atoms with van der Waals surface area (Å²) >= 11 is 0. The molecule has 74 valence electrons. The van der Waals surface area contributed by atoms with Crippen molar-refractivity contribution in [2.75, 3.05) is 0 Å². The molecule has 13 heavy (non-hydrogen) atoms. The van der Waals surface area contributed by atoms with Crippen molar-refractivity contribution < 1.29 is 4.79 Å². The highest BCUT2D eigenvalue weighted by Crippen LogP contribution is 2.34. The van der Waals surface area contributed by atoms with E-state index in [1.165, 1.54) is 19.3 Å². The van der Waals surface area contributed by atoms with E-state index >= 15 is 0 Å². The molecule has 0 aromatic heterocycles. The van der Waals surface area contributed by atoms with Crippen molar-refractivity contribution >= 4 is 6.29 Å². The van der Waals surface area contributed by atoms with E-state index in [0.29, 0.717) is 0 Å². The molecule has 1 nitrogen and oxygen atoms in total. The van der Waals surface area contributed by atoms with E-state index < -0.39 is 0 Å². The second-order valence-electron chi connectivity index (χ2n) is 4.44. The van der Waals surface area contributed by atoms with Gasteiger partial charge >= 0.3 is 0 Å². The van der Waals surface area contributed by atoms with Crippen LogP contribution in [0.3, 0.4) is 0 Å². The number of carbonyl (C=O) groups is 1. The summed E-state index contributed by atoms with van der Waals surface area (Å²) in [4.78, 5) is 10.8. The van der Waals surface area contributed by atoms with Crippen molar-refractivity contribution in [2.24, 2.45) is 5.41 Å². The average Bonchev–Trinajstić information content (AvgIpc) is 2.17. The van der Waals surface area contributed by atoms with Gasteiger partial charge in [0.15, 0.2) is 0 Å². The van der Waals surface area contributed by atoms with Gasteiger partial charge in [-0.2, -0.15) is 0 Å². The predicted octanol–water partition coefficient (Wildman–Crippen LogP) is 3.49. The third kappa shape index (κ3) is 2.98. The van der Waals surface area contributed by atoms with Crippen LogP contribution in [0.4, 0.5) is 0 Å². The van der Waals surface area contributed by atoms with Crippen molar-refractivity contribution in [3.63, 3.8) is 0 Å². The summed E-state index contributed by atoms with van der Waals surface area (Å²) in [6.07, 6.45) is 10.3. The maximum atomic E-state index is 10.8. The van der Waals surface area contributed by atoms with Crippen LogP contribution in [0, 0.1) is 5.41 Å². The number of hydrogen-bond acceptors (Lipinski definition) is 1. The molecule has 0 spiro atoms. The Labute approximate surface area is 81.2 Å². The molecular formula is C12H20O. The molecule has 0 saturated carbocycles. The summed E-state index contributed by atoms with van der Waals surface area (Å²) < 4.78 is 0. The first kappa shape index (κ1) is 10.5. The maximum Gasteiger partial charge on any atom is 0.126 e. The monoisotopic (exact) mass is 180 g/mol. The second kappa shape index (κ2) is 4.59. The maximum absolute atomic E-state index is 10.8. The van der Waals surface area contributed by atoms with Crippen LogP contribution in [0.1, 0.15) is 52.4 Å². The SMILES string of the molecule is CCCCC1=CCC(C)(C=O)CC1. The summed E-state index contributed by atoms with van der Waals surface area (Å²) in [5, 5.41) is 0. The molecule has 0 saturated heterocycles. The molecular weight excluding hydrogens is 160 g/mol. The van der Waals surface area contributed by atoms with Gasteiger partial charge in [0.2, 0.25) is 0 Å². The molecule has 0 radical (unpaired) electrons. The molecule has 0 aromatic carbocycles. The molecule has 1 aliphatic carbocycles. The van der Waals surface area contributed by atoms with Crippen LogP contribution in [0.5, 0.6) is 0 Å². The Balaban J connectivity index is 2.43. The Kier molecular flexibility index (Phi) is 3.71. The lowest BCUT2D eigenvalue weighted by atomic mass is 9.77. The fourth-order valence-electron chi connectivity index (χ4n) is 1.77. The highest BCUT2D eigenvalue weighted by molar-refractivity contribution is 5.59. The number of carbonyl (C=O) groups excluding carboxylic acids is 1. The molecule has 1 heteroatoms. The molecule has 0 bridgehead atoms. The highest BCUT2D eigenvalue weighted by atomic mass is 16.1. The zero-order valence-corrected chi connectivity index (χ0v) is 8.81. The number of rotatable bonds is 4. The topological polar surface area (TPSA) is 17.1 Å². The fraction of sp³-hybridized carbons (Fsp3) is 0.750. The van der Waals surface area contributed by atoms with Gasteiger partial charge in [0, 0.05) is 5.41 Å². The molecule has 1 aliphatic rings. The van der Waals surface area contributed by atoms with Crippen LogP contribution in [-0.2, 0) is 4.79 Å². The fourth-order valence-corrected chi connectivity index (χ4v) is 1.77. The lowest BCUT2D eigenvalue weighted by Crippen LogP contribution is -2.20. The molecule has 0 heterocycles. The van der Waals surface area contributed by atoms with Gasteiger partial charge in [-0.1, -0.05) is 31.9 Å². The Morgan fingerprint density at radius 1 is 1.62 bits per heavy atom. The third-order valence-corrected chi connectivity index (χ3v) is 3.01. The van der Waals surface area contributed by atoms with Gasteiger partial charge in [0.05, 0.1) is 0 Å². The van der Waals surface area contributed by atoms with Crippen molar-refractivity contribution in [1.82, 2.24) is 0 Å². The highest BCUT2D eigenvalue weighted by Gasteiger charge is 2.25. The summed E-state index contributed by atoms with van der Waals surface area (Å²) in [5.41, 5.74) is 1.51. The standard InChI is InChI=1S/C12H20O/c1-3-4-5-11-6-8-12(2,10-13)9-7-11/h6,10H,3-5,7-9H2,1-2H3. The number of hydrogen-bond donors (Lipinski definition) is 0. The number of aldehydes is 1. The lowest BCUT2D eigenvalue weighted by Gasteiger charge is -2.27. The van der Waals surface area contributed by atoms with E-state index in [9.17, 15) is 4.79 Å². The average molecular weight is 180 g/mol. The number of allylic oxidation sites excluding steroid dienone is 2. The van der Waals surface area contributed by atoms with Crippen LogP contribution in [0.15, 0.2) is 11.6 Å². The molecule has 1 atom stereocenters. The molecule has 0 aliphatic heterocycles. The van der Waals surface area contributed by atoms with Crippen molar-refractivity contribution in [3.05, 3.63) is 11.6 Å². The Morgan fingerprint density at radius 3 is 2.85 bits per heavy atom. The van der Waals surface area contributed by atoms with Crippen molar-refractivity contribution in [2.45, 2.75) is 52.4 Å². The molecule has 0 fully saturated rings. The zero-order chi connectivity index (χ0) is 9.73. The predicted molar refractivity (Wildman–Crippen MR) is 55.6 cm³/mol. The first-order chi connectivity index (χ1) is 6.20. The molecule has 1 unspecified atom stereocenters. The first-order valence-electron chi connectivity index (χ1n) is 5.34. The van der Waals surface area contributed by atoms with E-state index in [2.05, 4.69) is 19.9 Å². The van der Waals surface area contributed by atoms with Crippen LogP contribution in [-0.4, -0.2) is 6.29 Å². The van der Waals surface area contributed by atoms with Gasteiger partial charge in [-0.25, -0.2) is 0 Å². The van der Waals surface area contributed by atoms with Gasteiger partial charge in [0.25, 0.3) is 0 Å². The van der Waals surface area contributed by atoms with Crippen molar-refractivity contribution in [1.29, 1.82) is 0 Å². The molecule has 1 rings (SSSR count). The molecule has 0 aromatic rings. The second-order valence-corrected chi connectivity index (χ2v) is 4.44. The van der Waals surface area contributed by atoms with Crippen molar-refractivity contribution in [3.8, 4) is 0 Å². The lowest BCUT2D eigenvalue weighted by molar-refractivity contribution is -0.115. The smallest absolute Gasteiger partial charge is 0.126 e. The molecule has 0 N–H and O–H groups in total. The summed E-state index contributed by atoms with van der Waals surface area (Å²) in [6, 6.07) is 0. The minimum absolute atomic E-state index is 0.0598. The van der Waals surface area contributed by atoms with Gasteiger partial charge < -0.3 is 4.79 Å². The Bertz CT molecular complexity index is 205. The van der Waals surface area contributed by atoms with E-state index in [1.54, 1.807) is 5.57 Å². The Morgan fingerprint density at radius 2 is 2.38 bits per heavy atom. The minimum atomic E-state index is -0.0598. The quantitative estimate of drug-likeness (QED) is 0.478. The normalized spacial score (nSPS) is 28.3. The van der Waals surface area contributed by atoms with E-state index in [4.69, 9.17) is 0 Å². The van der Waals surface area contributed by atoms with E-state index in [0.717, 1.165) is 25.5 Å². The first-order valence-corrected chi connectivity index (χ1v) is 5.34. The Hall–Kier alpha value is -0.590. The number of unbranched alkanes of at least 4 members (excludes halogenated alkanes) is 1. The minimum Gasteiger partial charge on any atom is -0.303 e. The van der Waals surface area contributed by atoms with Crippen LogP contribution < -0.4 is 0 Å². The van der Waals surface area contributed by atoms with Gasteiger partial charge in [0.1, 0.15) is 6.29 Å². The van der Waals surface area contributed by atoms with Gasteiger partial charge in [-0.15, -0.1) is 0 Å². The van der Waals surface area contributed by atoms with Gasteiger partial charge in [-0.05, 0) is 32.1 Å². The van der Waals surface area contributed by atoms with Crippen LogP contribution in [0.25, 0.3) is 0 Å². The van der Waals surface area contributed by atoms with Crippen LogP contribution >= 0.6 is 0 Å². The summed E-state index contributed by atoms with van der Waals surface area (Å²) in [5.74, 6) is 0. The van der Waals surface area contributed by atoms with E-state index in [-0.39, 0.29) is 5.41 Å². The molecule has 0 amide bonds. The van der Waals surface area contributed by atoms with Gasteiger partial charge in [-0.3, -0.25) is 0 Å². The largest absolute Gasteiger partial charge is 0.303 e. The van der Waals surface area contributed by atoms with Crippen LogP contribution in [0.2, 0.25) is 0 Å². The zero-order valence-electron chi connectivity index (χ0n) is 8.81. The summed E-state index contributed by atoms with van der Waals surface area (Å²) in [7, 11) is 0. The summed E-state index contributed by atoms with van der Waals surface area (Å²) in [6.45, 7) is 4.28. The third-order valence-electron chi connectivity index (χ3n) is 3.01.